The number of methoxy groups -OCH3 is 1. The molecule has 1 aromatic carbocycles. The third kappa shape index (κ3) is 3.48. The normalized spacial score (nSPS) is 23.9. The van der Waals surface area contributed by atoms with E-state index in [1.807, 2.05) is 12.1 Å². The third-order valence-electron chi connectivity index (χ3n) is 3.73. The van der Waals surface area contributed by atoms with Gasteiger partial charge in [-0.1, -0.05) is 35.7 Å². The number of ether oxygens (including phenoxy) is 2. The molecule has 1 aliphatic carbocycles. The topological polar surface area (TPSA) is 18.5 Å². The highest BCUT2D eigenvalue weighted by Gasteiger charge is 2.22. The van der Waals surface area contributed by atoms with Crippen molar-refractivity contribution in [3.05, 3.63) is 28.2 Å². The van der Waals surface area contributed by atoms with Crippen molar-refractivity contribution in [3.63, 3.8) is 0 Å². The summed E-state index contributed by atoms with van der Waals surface area (Å²) in [6, 6.07) is 6.05. The van der Waals surface area contributed by atoms with Crippen LogP contribution in [0.3, 0.4) is 0 Å². The standard InChI is InChI=1S/C15H21BrO2/c1-11-5-3-4-6-14(11)18-10-12-9-13(16)7-8-15(12)17-2/h7-9,11,14H,3-6,10H2,1-2H3. The molecule has 18 heavy (non-hydrogen) atoms. The maximum atomic E-state index is 6.08. The summed E-state index contributed by atoms with van der Waals surface area (Å²) in [5, 5.41) is 0. The summed E-state index contributed by atoms with van der Waals surface area (Å²) in [6.07, 6.45) is 5.53. The Hall–Kier alpha value is -0.540. The highest BCUT2D eigenvalue weighted by atomic mass is 79.9. The van der Waals surface area contributed by atoms with E-state index < -0.39 is 0 Å². The number of benzene rings is 1. The maximum Gasteiger partial charge on any atom is 0.124 e. The van der Waals surface area contributed by atoms with Crippen molar-refractivity contribution in [1.29, 1.82) is 0 Å². The monoisotopic (exact) mass is 312 g/mol. The van der Waals surface area contributed by atoms with Gasteiger partial charge < -0.3 is 9.47 Å². The van der Waals surface area contributed by atoms with E-state index in [4.69, 9.17) is 9.47 Å². The van der Waals surface area contributed by atoms with Crippen molar-refractivity contribution < 1.29 is 9.47 Å². The summed E-state index contributed by atoms with van der Waals surface area (Å²) in [7, 11) is 1.70. The molecule has 0 bridgehead atoms. The van der Waals surface area contributed by atoms with E-state index in [2.05, 4.69) is 28.9 Å². The van der Waals surface area contributed by atoms with Crippen LogP contribution in [-0.4, -0.2) is 13.2 Å². The molecule has 1 aromatic rings. The number of hydrogen-bond donors (Lipinski definition) is 0. The fraction of sp³-hybridized carbons (Fsp3) is 0.600. The Morgan fingerprint density at radius 1 is 1.28 bits per heavy atom. The Kier molecular flexibility index (Phi) is 5.07. The van der Waals surface area contributed by atoms with Gasteiger partial charge in [-0.2, -0.15) is 0 Å². The van der Waals surface area contributed by atoms with Crippen LogP contribution in [0.5, 0.6) is 5.75 Å². The lowest BCUT2D eigenvalue weighted by Crippen LogP contribution is -2.25. The summed E-state index contributed by atoms with van der Waals surface area (Å²) in [4.78, 5) is 0. The third-order valence-corrected chi connectivity index (χ3v) is 4.22. The van der Waals surface area contributed by atoms with Gasteiger partial charge in [-0.15, -0.1) is 0 Å². The predicted molar refractivity (Wildman–Crippen MR) is 76.9 cm³/mol. The van der Waals surface area contributed by atoms with Gasteiger partial charge in [-0.05, 0) is 37.0 Å². The molecular formula is C15H21BrO2. The Bertz CT molecular complexity index is 392. The van der Waals surface area contributed by atoms with Crippen LogP contribution in [0, 0.1) is 5.92 Å². The summed E-state index contributed by atoms with van der Waals surface area (Å²) in [5.41, 5.74) is 1.12. The van der Waals surface area contributed by atoms with Crippen molar-refractivity contribution in [1.82, 2.24) is 0 Å². The lowest BCUT2D eigenvalue weighted by molar-refractivity contribution is -0.0161. The number of hydrogen-bond acceptors (Lipinski definition) is 2. The van der Waals surface area contributed by atoms with Crippen molar-refractivity contribution in [2.75, 3.05) is 7.11 Å². The SMILES string of the molecule is COc1ccc(Br)cc1COC1CCCCC1C. The van der Waals surface area contributed by atoms with E-state index in [1.165, 1.54) is 25.7 Å². The van der Waals surface area contributed by atoms with Gasteiger partial charge in [-0.3, -0.25) is 0 Å². The van der Waals surface area contributed by atoms with Crippen molar-refractivity contribution in [2.45, 2.75) is 45.3 Å². The number of halogens is 1. The zero-order valence-electron chi connectivity index (χ0n) is 11.1. The second-order valence-corrected chi connectivity index (χ2v) is 5.98. The molecule has 0 heterocycles. The van der Waals surface area contributed by atoms with Crippen LogP contribution in [0.15, 0.2) is 22.7 Å². The van der Waals surface area contributed by atoms with E-state index in [9.17, 15) is 0 Å². The molecule has 100 valence electrons. The van der Waals surface area contributed by atoms with Crippen LogP contribution in [0.25, 0.3) is 0 Å². The van der Waals surface area contributed by atoms with E-state index in [-0.39, 0.29) is 0 Å². The molecule has 0 saturated heterocycles. The quantitative estimate of drug-likeness (QED) is 0.811. The number of rotatable bonds is 4. The first kappa shape index (κ1) is 13.9. The fourth-order valence-electron chi connectivity index (χ4n) is 2.59. The molecular weight excluding hydrogens is 292 g/mol. The minimum Gasteiger partial charge on any atom is -0.496 e. The first-order valence-electron chi connectivity index (χ1n) is 6.64. The average molecular weight is 313 g/mol. The predicted octanol–water partition coefficient (Wildman–Crippen LogP) is 4.55. The van der Waals surface area contributed by atoms with E-state index in [1.54, 1.807) is 7.11 Å². The van der Waals surface area contributed by atoms with Gasteiger partial charge >= 0.3 is 0 Å². The minimum atomic E-state index is 0.405. The fourth-order valence-corrected chi connectivity index (χ4v) is 3.00. The average Bonchev–Trinajstić information content (AvgIpc) is 2.38. The molecule has 2 unspecified atom stereocenters. The van der Waals surface area contributed by atoms with E-state index in [0.29, 0.717) is 18.6 Å². The summed E-state index contributed by atoms with van der Waals surface area (Å²) in [6.45, 7) is 2.93. The second-order valence-electron chi connectivity index (χ2n) is 5.07. The highest BCUT2D eigenvalue weighted by molar-refractivity contribution is 9.10. The molecule has 0 N–H and O–H groups in total. The summed E-state index contributed by atoms with van der Waals surface area (Å²) < 4.78 is 12.5. The lowest BCUT2D eigenvalue weighted by atomic mass is 9.88. The van der Waals surface area contributed by atoms with Gasteiger partial charge in [0.15, 0.2) is 0 Å². The summed E-state index contributed by atoms with van der Waals surface area (Å²) >= 11 is 3.49. The van der Waals surface area contributed by atoms with Crippen LogP contribution < -0.4 is 4.74 Å². The van der Waals surface area contributed by atoms with Crippen LogP contribution in [0.4, 0.5) is 0 Å². The van der Waals surface area contributed by atoms with Crippen LogP contribution in [0.2, 0.25) is 0 Å². The van der Waals surface area contributed by atoms with Crippen molar-refractivity contribution in [2.24, 2.45) is 5.92 Å². The maximum absolute atomic E-state index is 6.08. The molecule has 2 atom stereocenters. The molecule has 2 rings (SSSR count). The largest absolute Gasteiger partial charge is 0.496 e. The zero-order chi connectivity index (χ0) is 13.0. The van der Waals surface area contributed by atoms with Gasteiger partial charge in [0.2, 0.25) is 0 Å². The molecule has 0 aliphatic heterocycles. The molecule has 0 aromatic heterocycles. The molecule has 0 spiro atoms. The van der Waals surface area contributed by atoms with E-state index >= 15 is 0 Å². The smallest absolute Gasteiger partial charge is 0.124 e. The van der Waals surface area contributed by atoms with Crippen LogP contribution in [-0.2, 0) is 11.3 Å². The molecule has 0 radical (unpaired) electrons. The van der Waals surface area contributed by atoms with Crippen molar-refractivity contribution >= 4 is 15.9 Å². The Labute approximate surface area is 118 Å². The van der Waals surface area contributed by atoms with Crippen LogP contribution >= 0.6 is 15.9 Å². The summed E-state index contributed by atoms with van der Waals surface area (Å²) in [5.74, 6) is 1.58. The Morgan fingerprint density at radius 3 is 2.78 bits per heavy atom. The van der Waals surface area contributed by atoms with E-state index in [0.717, 1.165) is 15.8 Å². The Balaban J connectivity index is 1.98. The molecule has 1 aliphatic rings. The molecule has 3 heteroatoms. The van der Waals surface area contributed by atoms with Gasteiger partial charge in [0.25, 0.3) is 0 Å². The first-order chi connectivity index (χ1) is 8.70. The molecule has 0 amide bonds. The second kappa shape index (κ2) is 6.58. The molecule has 1 fully saturated rings. The lowest BCUT2D eigenvalue weighted by Gasteiger charge is -2.29. The molecule has 1 saturated carbocycles. The Morgan fingerprint density at radius 2 is 2.06 bits per heavy atom. The highest BCUT2D eigenvalue weighted by Crippen LogP contribution is 2.29. The van der Waals surface area contributed by atoms with Crippen LogP contribution in [0.1, 0.15) is 38.2 Å². The van der Waals surface area contributed by atoms with Crippen molar-refractivity contribution in [3.8, 4) is 5.75 Å². The zero-order valence-corrected chi connectivity index (χ0v) is 12.7. The van der Waals surface area contributed by atoms with Gasteiger partial charge in [0.1, 0.15) is 5.75 Å². The van der Waals surface area contributed by atoms with Gasteiger partial charge in [0, 0.05) is 10.0 Å². The first-order valence-corrected chi connectivity index (χ1v) is 7.44. The van der Waals surface area contributed by atoms with Gasteiger partial charge in [0.05, 0.1) is 19.8 Å². The van der Waals surface area contributed by atoms with Gasteiger partial charge in [-0.25, -0.2) is 0 Å². The molecule has 2 nitrogen and oxygen atoms in total. The minimum absolute atomic E-state index is 0.405.